The Bertz CT molecular complexity index is 571. The Morgan fingerprint density at radius 3 is 2.89 bits per heavy atom. The molecule has 0 spiro atoms. The van der Waals surface area contributed by atoms with Gasteiger partial charge in [0.25, 0.3) is 0 Å². The summed E-state index contributed by atoms with van der Waals surface area (Å²) >= 11 is 0. The summed E-state index contributed by atoms with van der Waals surface area (Å²) in [6.45, 7) is 2.86. The monoisotopic (exact) mass is 263 g/mol. The highest BCUT2D eigenvalue weighted by Gasteiger charge is 2.08. The molecule has 2 rings (SSSR count). The molecule has 1 amide bonds. The fourth-order valence-electron chi connectivity index (χ4n) is 1.62. The van der Waals surface area contributed by atoms with Crippen molar-refractivity contribution in [3.8, 4) is 0 Å². The van der Waals surface area contributed by atoms with E-state index in [1.807, 2.05) is 14.0 Å². The van der Waals surface area contributed by atoms with Crippen LogP contribution in [-0.2, 0) is 31.5 Å². The third-order valence-electron chi connectivity index (χ3n) is 2.91. The SMILES string of the molecule is Cc1c(CNC(=O)Cn2cc(CN)nn2)cnn1C. The number of amides is 1. The fraction of sp³-hybridized carbons (Fsp3) is 0.455. The molecule has 2 aromatic heterocycles. The average Bonchev–Trinajstić information content (AvgIpc) is 2.96. The number of nitrogens with one attached hydrogen (secondary N) is 1. The third-order valence-corrected chi connectivity index (χ3v) is 2.91. The smallest absolute Gasteiger partial charge is 0.242 e. The Hall–Kier alpha value is -2.22. The van der Waals surface area contributed by atoms with Crippen LogP contribution >= 0.6 is 0 Å². The van der Waals surface area contributed by atoms with Crippen LogP contribution in [0.15, 0.2) is 12.4 Å². The molecule has 3 N–H and O–H groups in total. The lowest BCUT2D eigenvalue weighted by molar-refractivity contribution is -0.122. The van der Waals surface area contributed by atoms with Gasteiger partial charge in [-0.15, -0.1) is 5.10 Å². The molecule has 102 valence electrons. The minimum Gasteiger partial charge on any atom is -0.350 e. The van der Waals surface area contributed by atoms with Crippen molar-refractivity contribution < 1.29 is 4.79 Å². The number of aromatic nitrogens is 5. The summed E-state index contributed by atoms with van der Waals surface area (Å²) in [5.74, 6) is -0.128. The first kappa shape index (κ1) is 13.2. The van der Waals surface area contributed by atoms with Gasteiger partial charge >= 0.3 is 0 Å². The summed E-state index contributed by atoms with van der Waals surface area (Å²) in [5.41, 5.74) is 8.12. The Labute approximate surface area is 110 Å². The van der Waals surface area contributed by atoms with E-state index in [1.54, 1.807) is 17.1 Å². The van der Waals surface area contributed by atoms with E-state index in [1.165, 1.54) is 4.68 Å². The van der Waals surface area contributed by atoms with Crippen LogP contribution in [0.1, 0.15) is 17.0 Å². The molecule has 0 aliphatic rings. The molecular formula is C11H17N7O. The molecule has 0 aliphatic carbocycles. The third kappa shape index (κ3) is 3.16. The van der Waals surface area contributed by atoms with Gasteiger partial charge in [0.05, 0.1) is 18.1 Å². The standard InChI is InChI=1S/C11H17N7O/c1-8-9(5-14-17(8)2)4-13-11(19)7-18-6-10(3-12)15-16-18/h5-6H,3-4,7,12H2,1-2H3,(H,13,19). The number of nitrogens with zero attached hydrogens (tertiary/aromatic N) is 5. The lowest BCUT2D eigenvalue weighted by atomic mass is 10.2. The van der Waals surface area contributed by atoms with E-state index in [-0.39, 0.29) is 12.5 Å². The van der Waals surface area contributed by atoms with Gasteiger partial charge in [-0.3, -0.25) is 9.48 Å². The van der Waals surface area contributed by atoms with Gasteiger partial charge in [-0.05, 0) is 6.92 Å². The van der Waals surface area contributed by atoms with Crippen LogP contribution in [0.2, 0.25) is 0 Å². The second-order valence-corrected chi connectivity index (χ2v) is 4.27. The van der Waals surface area contributed by atoms with Crippen LogP contribution < -0.4 is 11.1 Å². The first-order valence-corrected chi connectivity index (χ1v) is 5.93. The quantitative estimate of drug-likeness (QED) is 0.727. The van der Waals surface area contributed by atoms with Gasteiger partial charge in [0.2, 0.25) is 5.91 Å². The fourth-order valence-corrected chi connectivity index (χ4v) is 1.62. The van der Waals surface area contributed by atoms with Gasteiger partial charge < -0.3 is 11.1 Å². The van der Waals surface area contributed by atoms with Gasteiger partial charge in [0.1, 0.15) is 6.54 Å². The summed E-state index contributed by atoms with van der Waals surface area (Å²) in [5, 5.41) is 14.6. The molecule has 0 radical (unpaired) electrons. The number of nitrogens with two attached hydrogens (primary N) is 1. The van der Waals surface area contributed by atoms with Crippen LogP contribution in [0.25, 0.3) is 0 Å². The van der Waals surface area contributed by atoms with Crippen LogP contribution in [0.5, 0.6) is 0 Å². The molecule has 0 unspecified atom stereocenters. The molecule has 0 saturated carbocycles. The first-order chi connectivity index (χ1) is 9.10. The van der Waals surface area contributed by atoms with Crippen molar-refractivity contribution in [1.29, 1.82) is 0 Å². The van der Waals surface area contributed by atoms with E-state index in [0.29, 0.717) is 18.8 Å². The highest BCUT2D eigenvalue weighted by molar-refractivity contribution is 5.75. The second kappa shape index (κ2) is 5.61. The van der Waals surface area contributed by atoms with Gasteiger partial charge in [0, 0.05) is 31.4 Å². The van der Waals surface area contributed by atoms with Crippen molar-refractivity contribution >= 4 is 5.91 Å². The summed E-state index contributed by atoms with van der Waals surface area (Å²) < 4.78 is 3.24. The van der Waals surface area contributed by atoms with Crippen LogP contribution in [0, 0.1) is 6.92 Å². The number of aryl methyl sites for hydroxylation is 1. The molecule has 2 aromatic rings. The van der Waals surface area contributed by atoms with Crippen molar-refractivity contribution in [2.45, 2.75) is 26.6 Å². The Morgan fingerprint density at radius 1 is 1.53 bits per heavy atom. The largest absolute Gasteiger partial charge is 0.350 e. The normalized spacial score (nSPS) is 10.7. The van der Waals surface area contributed by atoms with Gasteiger partial charge in [-0.2, -0.15) is 5.10 Å². The maximum absolute atomic E-state index is 11.7. The Morgan fingerprint density at radius 2 is 2.32 bits per heavy atom. The van der Waals surface area contributed by atoms with Crippen molar-refractivity contribution in [3.63, 3.8) is 0 Å². The van der Waals surface area contributed by atoms with Crippen molar-refractivity contribution in [1.82, 2.24) is 30.1 Å². The average molecular weight is 263 g/mol. The predicted molar refractivity (Wildman–Crippen MR) is 67.7 cm³/mol. The summed E-state index contributed by atoms with van der Waals surface area (Å²) in [6, 6.07) is 0. The zero-order valence-corrected chi connectivity index (χ0v) is 11.0. The predicted octanol–water partition coefficient (Wildman–Crippen LogP) is -0.905. The summed E-state index contributed by atoms with van der Waals surface area (Å²) in [6.07, 6.45) is 3.41. The van der Waals surface area contributed by atoms with Crippen LogP contribution in [0.3, 0.4) is 0 Å². The molecule has 0 saturated heterocycles. The van der Waals surface area contributed by atoms with E-state index in [2.05, 4.69) is 20.7 Å². The molecule has 0 fully saturated rings. The Balaban J connectivity index is 1.86. The van der Waals surface area contributed by atoms with E-state index < -0.39 is 0 Å². The number of hydrogen-bond donors (Lipinski definition) is 2. The molecule has 0 aromatic carbocycles. The van der Waals surface area contributed by atoms with E-state index in [0.717, 1.165) is 11.3 Å². The molecule has 19 heavy (non-hydrogen) atoms. The molecule has 0 bridgehead atoms. The topological polar surface area (TPSA) is 104 Å². The molecule has 8 nitrogen and oxygen atoms in total. The van der Waals surface area contributed by atoms with Crippen molar-refractivity contribution in [2.75, 3.05) is 0 Å². The summed E-state index contributed by atoms with van der Waals surface area (Å²) in [4.78, 5) is 11.7. The highest BCUT2D eigenvalue weighted by atomic mass is 16.2. The molecule has 8 heteroatoms. The highest BCUT2D eigenvalue weighted by Crippen LogP contribution is 2.04. The number of carbonyl (C=O) groups excluding carboxylic acids is 1. The maximum Gasteiger partial charge on any atom is 0.242 e. The molecule has 2 heterocycles. The van der Waals surface area contributed by atoms with Crippen molar-refractivity contribution in [3.05, 3.63) is 29.3 Å². The molecule has 0 atom stereocenters. The number of rotatable bonds is 5. The van der Waals surface area contributed by atoms with Crippen molar-refractivity contribution in [2.24, 2.45) is 12.8 Å². The molecule has 0 aliphatic heterocycles. The molecular weight excluding hydrogens is 246 g/mol. The zero-order chi connectivity index (χ0) is 13.8. The maximum atomic E-state index is 11.7. The van der Waals surface area contributed by atoms with Gasteiger partial charge in [0.15, 0.2) is 0 Å². The minimum absolute atomic E-state index is 0.128. The number of carbonyl (C=O) groups is 1. The lowest BCUT2D eigenvalue weighted by Crippen LogP contribution is -2.27. The summed E-state index contributed by atoms with van der Waals surface area (Å²) in [7, 11) is 1.87. The second-order valence-electron chi connectivity index (χ2n) is 4.27. The van der Waals surface area contributed by atoms with Crippen LogP contribution in [0.4, 0.5) is 0 Å². The first-order valence-electron chi connectivity index (χ1n) is 5.93. The minimum atomic E-state index is -0.128. The number of hydrogen-bond acceptors (Lipinski definition) is 5. The van der Waals surface area contributed by atoms with E-state index >= 15 is 0 Å². The lowest BCUT2D eigenvalue weighted by Gasteiger charge is -2.04. The van der Waals surface area contributed by atoms with Gasteiger partial charge in [-0.25, -0.2) is 4.68 Å². The Kier molecular flexibility index (Phi) is 3.91. The van der Waals surface area contributed by atoms with Crippen LogP contribution in [-0.4, -0.2) is 30.7 Å². The zero-order valence-electron chi connectivity index (χ0n) is 11.0. The van der Waals surface area contributed by atoms with Gasteiger partial charge in [-0.1, -0.05) is 5.21 Å². The van der Waals surface area contributed by atoms with E-state index in [4.69, 9.17) is 5.73 Å². The van der Waals surface area contributed by atoms with E-state index in [9.17, 15) is 4.79 Å².